The number of amides is 3. The van der Waals surface area contributed by atoms with Crippen LogP contribution < -0.4 is 11.1 Å². The topological polar surface area (TPSA) is 179 Å². The average Bonchev–Trinajstić information content (AvgIpc) is 3.50. The highest BCUT2D eigenvalue weighted by atomic mass is 16.5. The molecule has 1 aliphatic heterocycles. The van der Waals surface area contributed by atoms with Crippen LogP contribution in [-0.4, -0.2) is 77.3 Å². The largest absolute Gasteiger partial charge is 0.465 e. The number of ether oxygens (including phenoxy) is 2. The van der Waals surface area contributed by atoms with E-state index in [1.165, 1.54) is 4.90 Å². The Morgan fingerprint density at radius 3 is 2.16 bits per heavy atom. The van der Waals surface area contributed by atoms with Gasteiger partial charge < -0.3 is 25.4 Å². The molecule has 1 aromatic rings. The maximum Gasteiger partial charge on any atom is 0.306 e. The van der Waals surface area contributed by atoms with Crippen molar-refractivity contribution in [2.24, 2.45) is 34.8 Å². The minimum Gasteiger partial charge on any atom is -0.465 e. The molecule has 0 saturated carbocycles. The maximum atomic E-state index is 14.1. The number of benzene rings is 1. The average molecular weight is 714 g/mol. The summed E-state index contributed by atoms with van der Waals surface area (Å²) in [5.74, 6) is -5.81. The Morgan fingerprint density at radius 1 is 0.961 bits per heavy atom. The van der Waals surface area contributed by atoms with Crippen molar-refractivity contribution in [2.45, 2.75) is 125 Å². The van der Waals surface area contributed by atoms with E-state index in [9.17, 15) is 33.6 Å². The molecule has 0 aliphatic carbocycles. The van der Waals surface area contributed by atoms with E-state index < -0.39 is 64.8 Å². The zero-order valence-corrected chi connectivity index (χ0v) is 31.7. The molecule has 1 aromatic carbocycles. The number of ketones is 3. The van der Waals surface area contributed by atoms with Gasteiger partial charge in [0.15, 0.2) is 11.6 Å². The van der Waals surface area contributed by atoms with Crippen LogP contribution >= 0.6 is 0 Å². The molecule has 3 unspecified atom stereocenters. The molecule has 12 nitrogen and oxygen atoms in total. The first kappa shape index (κ1) is 43.2. The molecule has 0 bridgehead atoms. The fourth-order valence-electron chi connectivity index (χ4n) is 6.15. The quantitative estimate of drug-likeness (QED) is 0.138. The van der Waals surface area contributed by atoms with Gasteiger partial charge in [0.1, 0.15) is 6.04 Å². The zero-order chi connectivity index (χ0) is 38.5. The predicted molar refractivity (Wildman–Crippen MR) is 192 cm³/mol. The van der Waals surface area contributed by atoms with Crippen LogP contribution in [0.3, 0.4) is 0 Å². The summed E-state index contributed by atoms with van der Waals surface area (Å²) in [5, 5.41) is 2.55. The first-order valence-electron chi connectivity index (χ1n) is 18.2. The fourth-order valence-corrected chi connectivity index (χ4v) is 6.15. The first-order chi connectivity index (χ1) is 23.8. The summed E-state index contributed by atoms with van der Waals surface area (Å²) in [7, 11) is 0. The van der Waals surface area contributed by atoms with Crippen LogP contribution in [0.2, 0.25) is 0 Å². The molecule has 0 spiro atoms. The van der Waals surface area contributed by atoms with E-state index in [-0.39, 0.29) is 81.8 Å². The predicted octanol–water partition coefficient (Wildman–Crippen LogP) is 4.34. The molecule has 0 aromatic heterocycles. The Morgan fingerprint density at radius 2 is 1.61 bits per heavy atom. The Labute approximate surface area is 302 Å². The van der Waals surface area contributed by atoms with E-state index in [0.29, 0.717) is 6.42 Å². The van der Waals surface area contributed by atoms with Crippen LogP contribution in [0, 0.1) is 29.1 Å². The third-order valence-electron chi connectivity index (χ3n) is 9.10. The molecule has 1 fully saturated rings. The molecule has 1 heterocycles. The zero-order valence-electron chi connectivity index (χ0n) is 31.7. The first-order valence-corrected chi connectivity index (χ1v) is 18.2. The van der Waals surface area contributed by atoms with Crippen molar-refractivity contribution >= 4 is 41.0 Å². The van der Waals surface area contributed by atoms with Gasteiger partial charge in [-0.3, -0.25) is 33.6 Å². The molecule has 284 valence electrons. The van der Waals surface area contributed by atoms with Gasteiger partial charge in [0.2, 0.25) is 23.5 Å². The highest BCUT2D eigenvalue weighted by Crippen LogP contribution is 2.30. The summed E-state index contributed by atoms with van der Waals surface area (Å²) in [4.78, 5) is 93.1. The molecule has 3 N–H and O–H groups in total. The second-order valence-corrected chi connectivity index (χ2v) is 15.5. The minimum atomic E-state index is -0.959. The number of nitrogens with zero attached hydrogens (tertiary/aromatic N) is 1. The van der Waals surface area contributed by atoms with Crippen LogP contribution in [0.5, 0.6) is 0 Å². The standard InChI is InChI=1S/C39H59N3O9/c1-9-13-27(35(47)31(43)16-17-33(45)41-36(37(40)48)39(6,7)8)18-32(44)30-19-28(50-23-26-14-11-10-12-15-26)21-42(30)38(49)29(25(4)5)20-34(46)51-22-24(2)3/h10-12,14-15,24-25,27-30,36H,9,13,16-23H2,1-8H3,(H2,40,48)(H,41,45)/t27?,28-,29?,30+,36?/m1/s1. The number of likely N-dealkylation sites (tertiary alicyclic amines) is 1. The maximum absolute atomic E-state index is 14.1. The van der Waals surface area contributed by atoms with Crippen molar-refractivity contribution < 1.29 is 43.0 Å². The third kappa shape index (κ3) is 14.0. The highest BCUT2D eigenvalue weighted by Gasteiger charge is 2.44. The van der Waals surface area contributed by atoms with E-state index in [1.807, 2.05) is 65.0 Å². The lowest BCUT2D eigenvalue weighted by Crippen LogP contribution is -2.52. The number of primary amides is 1. The lowest BCUT2D eigenvalue weighted by atomic mass is 9.86. The van der Waals surface area contributed by atoms with Crippen LogP contribution in [0.1, 0.15) is 106 Å². The summed E-state index contributed by atoms with van der Waals surface area (Å²) in [5.41, 5.74) is 5.72. The summed E-state index contributed by atoms with van der Waals surface area (Å²) in [6, 6.07) is 7.64. The third-order valence-corrected chi connectivity index (χ3v) is 9.10. The highest BCUT2D eigenvalue weighted by molar-refractivity contribution is 6.38. The lowest BCUT2D eigenvalue weighted by molar-refractivity contribution is -0.152. The van der Waals surface area contributed by atoms with Crippen molar-refractivity contribution in [1.29, 1.82) is 0 Å². The molecule has 5 atom stereocenters. The summed E-state index contributed by atoms with van der Waals surface area (Å²) < 4.78 is 11.5. The van der Waals surface area contributed by atoms with Crippen molar-refractivity contribution in [1.82, 2.24) is 10.2 Å². The summed E-state index contributed by atoms with van der Waals surface area (Å²) in [6.07, 6.45) is -0.585. The number of hydrogen-bond donors (Lipinski definition) is 2. The number of carbonyl (C=O) groups is 7. The van der Waals surface area contributed by atoms with Crippen molar-refractivity contribution in [3.05, 3.63) is 35.9 Å². The van der Waals surface area contributed by atoms with Gasteiger partial charge in [-0.05, 0) is 29.2 Å². The van der Waals surface area contributed by atoms with E-state index in [1.54, 1.807) is 20.8 Å². The Bertz CT molecular complexity index is 1370. The number of rotatable bonds is 21. The normalized spacial score (nSPS) is 17.9. The Hall–Kier alpha value is -3.93. The van der Waals surface area contributed by atoms with Gasteiger partial charge in [-0.25, -0.2) is 0 Å². The van der Waals surface area contributed by atoms with Crippen LogP contribution in [0.25, 0.3) is 0 Å². The van der Waals surface area contributed by atoms with Crippen LogP contribution in [0.15, 0.2) is 30.3 Å². The van der Waals surface area contributed by atoms with E-state index >= 15 is 0 Å². The van der Waals surface area contributed by atoms with E-state index in [0.717, 1.165) is 5.56 Å². The van der Waals surface area contributed by atoms with Crippen molar-refractivity contribution in [2.75, 3.05) is 13.2 Å². The van der Waals surface area contributed by atoms with Crippen LogP contribution in [-0.2, 0) is 49.6 Å². The van der Waals surface area contributed by atoms with Gasteiger partial charge in [0.25, 0.3) is 0 Å². The number of Topliss-reactive ketones (excluding diaryl/α,β-unsaturated/α-hetero) is 3. The lowest BCUT2D eigenvalue weighted by Gasteiger charge is -2.30. The molecule has 12 heteroatoms. The number of hydrogen-bond acceptors (Lipinski definition) is 9. The molecule has 3 amide bonds. The molecule has 1 saturated heterocycles. The molecule has 2 rings (SSSR count). The second-order valence-electron chi connectivity index (χ2n) is 15.5. The smallest absolute Gasteiger partial charge is 0.306 e. The molecule has 0 radical (unpaired) electrons. The monoisotopic (exact) mass is 713 g/mol. The number of carbonyl (C=O) groups excluding carboxylic acids is 7. The SMILES string of the molecule is CCCC(CC(=O)[C@@H]1C[C@@H](OCc2ccccc2)CN1C(=O)C(CC(=O)OCC(C)C)C(C)C)C(=O)C(=O)CCC(=O)NC(C(N)=O)C(C)(C)C. The summed E-state index contributed by atoms with van der Waals surface area (Å²) in [6.45, 7) is 15.2. The Kier molecular flexibility index (Phi) is 17.1. The minimum absolute atomic E-state index is 0.133. The van der Waals surface area contributed by atoms with Gasteiger partial charge in [0, 0.05) is 38.1 Å². The van der Waals surface area contributed by atoms with Gasteiger partial charge in [-0.2, -0.15) is 0 Å². The molecule has 51 heavy (non-hydrogen) atoms. The van der Waals surface area contributed by atoms with E-state index in [4.69, 9.17) is 15.2 Å². The van der Waals surface area contributed by atoms with Gasteiger partial charge in [-0.1, -0.05) is 92.1 Å². The van der Waals surface area contributed by atoms with Gasteiger partial charge in [0.05, 0.1) is 37.7 Å². The Balaban J connectivity index is 2.22. The summed E-state index contributed by atoms with van der Waals surface area (Å²) >= 11 is 0. The number of nitrogens with one attached hydrogen (secondary N) is 1. The van der Waals surface area contributed by atoms with Gasteiger partial charge in [-0.15, -0.1) is 0 Å². The van der Waals surface area contributed by atoms with Crippen molar-refractivity contribution in [3.8, 4) is 0 Å². The van der Waals surface area contributed by atoms with Crippen LogP contribution in [0.4, 0.5) is 0 Å². The fraction of sp³-hybridized carbons (Fsp3) is 0.667. The molecule has 1 aliphatic rings. The second kappa shape index (κ2) is 20.2. The van der Waals surface area contributed by atoms with Gasteiger partial charge >= 0.3 is 5.97 Å². The number of esters is 1. The molecular formula is C39H59N3O9. The number of nitrogens with two attached hydrogens (primary N) is 1. The van der Waals surface area contributed by atoms with Crippen molar-refractivity contribution in [3.63, 3.8) is 0 Å². The molecular weight excluding hydrogens is 654 g/mol. The van der Waals surface area contributed by atoms with E-state index in [2.05, 4.69) is 5.32 Å².